The Morgan fingerprint density at radius 3 is 2.95 bits per heavy atom. The zero-order valence-electron chi connectivity index (χ0n) is 11.1. The first-order chi connectivity index (χ1) is 10.1. The second kappa shape index (κ2) is 5.41. The molecule has 0 unspecified atom stereocenters. The number of halogens is 1. The Hall–Kier alpha value is -2.60. The molecule has 0 spiro atoms. The summed E-state index contributed by atoms with van der Waals surface area (Å²) in [6.45, 7) is 1.42. The Morgan fingerprint density at radius 2 is 2.19 bits per heavy atom. The highest BCUT2D eigenvalue weighted by Crippen LogP contribution is 2.31. The molecule has 1 amide bonds. The predicted octanol–water partition coefficient (Wildman–Crippen LogP) is 3.36. The smallest absolute Gasteiger partial charge is 0.247 e. The lowest BCUT2D eigenvalue weighted by molar-refractivity contribution is -0.114. The Bertz CT molecular complexity index is 816. The van der Waals surface area contributed by atoms with Gasteiger partial charge in [-0.3, -0.25) is 4.79 Å². The van der Waals surface area contributed by atoms with Crippen LogP contribution in [-0.4, -0.2) is 20.9 Å². The summed E-state index contributed by atoms with van der Waals surface area (Å²) in [7, 11) is 0. The summed E-state index contributed by atoms with van der Waals surface area (Å²) in [6.07, 6.45) is 3.19. The van der Waals surface area contributed by atoms with Gasteiger partial charge in [0.2, 0.25) is 11.8 Å². The highest BCUT2D eigenvalue weighted by Gasteiger charge is 2.09. The summed E-state index contributed by atoms with van der Waals surface area (Å²) < 4.78 is 5.71. The van der Waals surface area contributed by atoms with Crippen LogP contribution in [0.4, 0.5) is 5.69 Å². The van der Waals surface area contributed by atoms with Crippen molar-refractivity contribution in [1.82, 2.24) is 15.0 Å². The van der Waals surface area contributed by atoms with Crippen molar-refractivity contribution in [3.63, 3.8) is 0 Å². The molecule has 106 valence electrons. The minimum Gasteiger partial charge on any atom is -0.437 e. The normalized spacial score (nSPS) is 10.6. The van der Waals surface area contributed by atoms with E-state index >= 15 is 0 Å². The fraction of sp³-hybridized carbons (Fsp3) is 0.0714. The minimum atomic E-state index is -0.186. The molecule has 2 aromatic heterocycles. The van der Waals surface area contributed by atoms with Gasteiger partial charge in [-0.1, -0.05) is 11.6 Å². The van der Waals surface area contributed by atoms with Gasteiger partial charge in [0.25, 0.3) is 0 Å². The quantitative estimate of drug-likeness (QED) is 0.777. The molecule has 3 aromatic rings. The number of benzene rings is 1. The van der Waals surface area contributed by atoms with Crippen molar-refractivity contribution in [3.05, 3.63) is 41.8 Å². The number of anilines is 1. The maximum absolute atomic E-state index is 11.0. The summed E-state index contributed by atoms with van der Waals surface area (Å²) in [6, 6.07) is 6.82. The zero-order valence-corrected chi connectivity index (χ0v) is 11.8. The van der Waals surface area contributed by atoms with E-state index in [1.807, 2.05) is 6.07 Å². The molecular weight excluding hydrogens is 292 g/mol. The number of H-pyrrole nitrogens is 1. The summed E-state index contributed by atoms with van der Waals surface area (Å²) in [4.78, 5) is 22.3. The molecule has 2 N–H and O–H groups in total. The Kier molecular flexibility index (Phi) is 3.45. The van der Waals surface area contributed by atoms with Crippen molar-refractivity contribution in [3.8, 4) is 11.6 Å². The third kappa shape index (κ3) is 2.80. The molecule has 0 aliphatic heterocycles. The van der Waals surface area contributed by atoms with Crippen LogP contribution in [0, 0.1) is 0 Å². The van der Waals surface area contributed by atoms with E-state index in [0.29, 0.717) is 27.9 Å². The zero-order chi connectivity index (χ0) is 14.8. The van der Waals surface area contributed by atoms with Gasteiger partial charge in [-0.05, 0) is 18.2 Å². The molecule has 0 radical (unpaired) electrons. The molecular formula is C14H11ClN4O2. The van der Waals surface area contributed by atoms with E-state index in [1.54, 1.807) is 24.4 Å². The number of hydrogen-bond acceptors (Lipinski definition) is 4. The molecule has 0 saturated heterocycles. The largest absolute Gasteiger partial charge is 0.437 e. The fourth-order valence-electron chi connectivity index (χ4n) is 1.89. The van der Waals surface area contributed by atoms with Crippen LogP contribution in [0.3, 0.4) is 0 Å². The Balaban J connectivity index is 1.90. The van der Waals surface area contributed by atoms with E-state index in [1.165, 1.54) is 13.3 Å². The van der Waals surface area contributed by atoms with Gasteiger partial charge < -0.3 is 15.0 Å². The maximum Gasteiger partial charge on any atom is 0.247 e. The van der Waals surface area contributed by atoms with Gasteiger partial charge in [-0.25, -0.2) is 4.98 Å². The van der Waals surface area contributed by atoms with E-state index in [-0.39, 0.29) is 5.91 Å². The summed E-state index contributed by atoms with van der Waals surface area (Å²) in [5.41, 5.74) is 2.00. The average molecular weight is 303 g/mol. The van der Waals surface area contributed by atoms with Crippen molar-refractivity contribution >= 4 is 34.2 Å². The summed E-state index contributed by atoms with van der Waals surface area (Å²) in [5.74, 6) is 0.742. The van der Waals surface area contributed by atoms with Crippen LogP contribution in [0.15, 0.2) is 36.8 Å². The van der Waals surface area contributed by atoms with Crippen LogP contribution in [0.25, 0.3) is 11.0 Å². The van der Waals surface area contributed by atoms with E-state index in [9.17, 15) is 4.79 Å². The second-order valence-electron chi connectivity index (χ2n) is 4.34. The lowest BCUT2D eigenvalue weighted by atomic mass is 10.3. The van der Waals surface area contributed by atoms with Crippen LogP contribution in [0.2, 0.25) is 5.02 Å². The van der Waals surface area contributed by atoms with Crippen LogP contribution < -0.4 is 10.1 Å². The molecule has 6 nitrogen and oxygen atoms in total. The SMILES string of the molecule is CC(=O)Nc1ccc(Oc2ncnc3cc[nH]c23)cc1Cl. The van der Waals surface area contributed by atoms with E-state index in [4.69, 9.17) is 16.3 Å². The van der Waals surface area contributed by atoms with Gasteiger partial charge in [0.05, 0.1) is 16.2 Å². The standard InChI is InChI=1S/C14H11ClN4O2/c1-8(20)19-11-3-2-9(6-10(11)15)21-14-13-12(4-5-16-13)17-7-18-14/h2-7,16H,1H3,(H,19,20). The second-order valence-corrected chi connectivity index (χ2v) is 4.75. The Labute approximate surface area is 125 Å². The molecule has 0 bridgehead atoms. The Morgan fingerprint density at radius 1 is 1.33 bits per heavy atom. The number of hydrogen-bond donors (Lipinski definition) is 2. The molecule has 0 aliphatic carbocycles. The third-order valence-corrected chi connectivity index (χ3v) is 3.09. The van der Waals surface area contributed by atoms with Crippen molar-refractivity contribution < 1.29 is 9.53 Å². The molecule has 3 rings (SSSR count). The van der Waals surface area contributed by atoms with Crippen molar-refractivity contribution in [2.75, 3.05) is 5.32 Å². The van der Waals surface area contributed by atoms with Crippen LogP contribution >= 0.6 is 11.6 Å². The number of rotatable bonds is 3. The van der Waals surface area contributed by atoms with Crippen LogP contribution in [-0.2, 0) is 4.79 Å². The number of fused-ring (bicyclic) bond motifs is 1. The van der Waals surface area contributed by atoms with E-state index in [0.717, 1.165) is 5.52 Å². The minimum absolute atomic E-state index is 0.186. The molecule has 1 aromatic carbocycles. The fourth-order valence-corrected chi connectivity index (χ4v) is 2.11. The number of carbonyl (C=O) groups excluding carboxylic acids is 1. The maximum atomic E-state index is 11.0. The van der Waals surface area contributed by atoms with Crippen molar-refractivity contribution in [1.29, 1.82) is 0 Å². The number of nitrogens with zero attached hydrogens (tertiary/aromatic N) is 2. The molecule has 2 heterocycles. The summed E-state index contributed by atoms with van der Waals surface area (Å²) >= 11 is 6.10. The van der Waals surface area contributed by atoms with Gasteiger partial charge >= 0.3 is 0 Å². The number of nitrogens with one attached hydrogen (secondary N) is 2. The lowest BCUT2D eigenvalue weighted by Crippen LogP contribution is -2.06. The lowest BCUT2D eigenvalue weighted by Gasteiger charge is -2.09. The van der Waals surface area contributed by atoms with E-state index < -0.39 is 0 Å². The summed E-state index contributed by atoms with van der Waals surface area (Å²) in [5, 5.41) is 3.02. The highest BCUT2D eigenvalue weighted by molar-refractivity contribution is 6.33. The van der Waals surface area contributed by atoms with Gasteiger partial charge in [0, 0.05) is 19.2 Å². The van der Waals surface area contributed by atoms with Crippen LogP contribution in [0.5, 0.6) is 11.6 Å². The van der Waals surface area contributed by atoms with Gasteiger partial charge in [-0.15, -0.1) is 0 Å². The first kappa shape index (κ1) is 13.4. The third-order valence-electron chi connectivity index (χ3n) is 2.78. The topological polar surface area (TPSA) is 79.9 Å². The van der Waals surface area contributed by atoms with Gasteiger partial charge in [0.15, 0.2) is 0 Å². The van der Waals surface area contributed by atoms with Gasteiger partial charge in [0.1, 0.15) is 17.6 Å². The average Bonchev–Trinajstić information content (AvgIpc) is 2.91. The molecule has 0 atom stereocenters. The van der Waals surface area contributed by atoms with E-state index in [2.05, 4.69) is 20.3 Å². The number of amides is 1. The van der Waals surface area contributed by atoms with Gasteiger partial charge in [-0.2, -0.15) is 4.98 Å². The predicted molar refractivity (Wildman–Crippen MR) is 79.7 cm³/mol. The molecule has 21 heavy (non-hydrogen) atoms. The molecule has 0 fully saturated rings. The monoisotopic (exact) mass is 302 g/mol. The van der Waals surface area contributed by atoms with Crippen molar-refractivity contribution in [2.45, 2.75) is 6.92 Å². The molecule has 0 saturated carbocycles. The van der Waals surface area contributed by atoms with Crippen molar-refractivity contribution in [2.24, 2.45) is 0 Å². The van der Waals surface area contributed by atoms with Crippen LogP contribution in [0.1, 0.15) is 6.92 Å². The number of carbonyl (C=O) groups is 1. The highest BCUT2D eigenvalue weighted by atomic mass is 35.5. The molecule has 0 aliphatic rings. The first-order valence-electron chi connectivity index (χ1n) is 6.16. The number of ether oxygens (including phenoxy) is 1. The number of aromatic nitrogens is 3. The molecule has 7 heteroatoms. The first-order valence-corrected chi connectivity index (χ1v) is 6.54. The number of aromatic amines is 1.